The van der Waals surface area contributed by atoms with Gasteiger partial charge in [-0.3, -0.25) is 9.59 Å². The SMILES string of the molecule is O=C(Cn1nc(-c2ccc(F)cc2)c2ccccc2c1=O)N/N=C/c1ccc(Cl)cc1. The van der Waals surface area contributed by atoms with E-state index in [9.17, 15) is 14.0 Å². The number of fused-ring (bicyclic) bond motifs is 1. The largest absolute Gasteiger partial charge is 0.275 e. The number of hydrogen-bond donors (Lipinski definition) is 1. The molecule has 154 valence electrons. The molecule has 1 amide bonds. The second-order valence-corrected chi connectivity index (χ2v) is 7.15. The molecule has 0 unspecified atom stereocenters. The molecule has 0 spiro atoms. The number of carbonyl (C=O) groups excluding carboxylic acids is 1. The number of carbonyl (C=O) groups is 1. The van der Waals surface area contributed by atoms with Crippen molar-refractivity contribution in [1.82, 2.24) is 15.2 Å². The number of rotatable bonds is 5. The second-order valence-electron chi connectivity index (χ2n) is 6.71. The maximum absolute atomic E-state index is 13.3. The highest BCUT2D eigenvalue weighted by molar-refractivity contribution is 6.30. The fourth-order valence-electron chi connectivity index (χ4n) is 3.06. The Balaban J connectivity index is 1.62. The molecule has 0 bridgehead atoms. The van der Waals surface area contributed by atoms with Crippen LogP contribution in [-0.4, -0.2) is 21.9 Å². The van der Waals surface area contributed by atoms with E-state index in [2.05, 4.69) is 15.6 Å². The Morgan fingerprint density at radius 3 is 2.42 bits per heavy atom. The molecule has 1 aromatic heterocycles. The lowest BCUT2D eigenvalue weighted by molar-refractivity contribution is -0.121. The molecule has 1 N–H and O–H groups in total. The van der Waals surface area contributed by atoms with E-state index in [0.29, 0.717) is 27.1 Å². The molecule has 4 rings (SSSR count). The van der Waals surface area contributed by atoms with Gasteiger partial charge in [0.05, 0.1) is 17.3 Å². The fourth-order valence-corrected chi connectivity index (χ4v) is 3.19. The van der Waals surface area contributed by atoms with E-state index >= 15 is 0 Å². The average Bonchev–Trinajstić information content (AvgIpc) is 2.78. The first kappa shape index (κ1) is 20.4. The summed E-state index contributed by atoms with van der Waals surface area (Å²) in [6, 6.07) is 19.7. The molecule has 0 aliphatic rings. The number of aromatic nitrogens is 2. The van der Waals surface area contributed by atoms with Crippen molar-refractivity contribution in [3.05, 3.63) is 99.6 Å². The molecule has 3 aromatic carbocycles. The molecular formula is C23H16ClFN4O2. The van der Waals surface area contributed by atoms with Crippen LogP contribution in [0.4, 0.5) is 4.39 Å². The van der Waals surface area contributed by atoms with Crippen molar-refractivity contribution in [2.45, 2.75) is 6.54 Å². The maximum Gasteiger partial charge on any atom is 0.275 e. The van der Waals surface area contributed by atoms with E-state index in [-0.39, 0.29) is 12.4 Å². The van der Waals surface area contributed by atoms with Gasteiger partial charge in [0.15, 0.2) is 0 Å². The lowest BCUT2D eigenvalue weighted by Gasteiger charge is -2.10. The Morgan fingerprint density at radius 2 is 1.71 bits per heavy atom. The highest BCUT2D eigenvalue weighted by atomic mass is 35.5. The third kappa shape index (κ3) is 4.67. The molecule has 31 heavy (non-hydrogen) atoms. The summed E-state index contributed by atoms with van der Waals surface area (Å²) in [6.45, 7) is -0.324. The summed E-state index contributed by atoms with van der Waals surface area (Å²) in [5, 5.41) is 9.90. The van der Waals surface area contributed by atoms with Gasteiger partial charge < -0.3 is 0 Å². The minimum atomic E-state index is -0.514. The Hall–Kier alpha value is -3.84. The van der Waals surface area contributed by atoms with Crippen molar-refractivity contribution in [3.63, 3.8) is 0 Å². The van der Waals surface area contributed by atoms with Crippen LogP contribution in [0, 0.1) is 5.82 Å². The van der Waals surface area contributed by atoms with E-state index < -0.39 is 11.5 Å². The first-order valence-corrected chi connectivity index (χ1v) is 9.72. The van der Waals surface area contributed by atoms with Crippen molar-refractivity contribution in [3.8, 4) is 11.3 Å². The van der Waals surface area contributed by atoms with Crippen LogP contribution in [0.25, 0.3) is 22.0 Å². The number of nitrogens with one attached hydrogen (secondary N) is 1. The Kier molecular flexibility index (Phi) is 5.86. The van der Waals surface area contributed by atoms with E-state index in [1.54, 1.807) is 60.7 Å². The van der Waals surface area contributed by atoms with Crippen LogP contribution in [0.2, 0.25) is 5.02 Å². The van der Waals surface area contributed by atoms with Gasteiger partial charge in [0, 0.05) is 16.0 Å². The van der Waals surface area contributed by atoms with Crippen LogP contribution in [0.15, 0.2) is 82.7 Å². The summed E-state index contributed by atoms with van der Waals surface area (Å²) in [7, 11) is 0. The Morgan fingerprint density at radius 1 is 1.03 bits per heavy atom. The van der Waals surface area contributed by atoms with E-state index in [1.807, 2.05) is 0 Å². The van der Waals surface area contributed by atoms with Crippen LogP contribution in [0.3, 0.4) is 0 Å². The molecule has 0 radical (unpaired) electrons. The van der Waals surface area contributed by atoms with Gasteiger partial charge in [0.2, 0.25) is 0 Å². The molecule has 0 fully saturated rings. The number of amides is 1. The average molecular weight is 435 g/mol. The number of benzene rings is 3. The van der Waals surface area contributed by atoms with Gasteiger partial charge >= 0.3 is 0 Å². The lowest BCUT2D eigenvalue weighted by atomic mass is 10.1. The normalized spacial score (nSPS) is 11.2. The zero-order valence-electron chi connectivity index (χ0n) is 16.1. The van der Waals surface area contributed by atoms with Crippen molar-refractivity contribution in [2.24, 2.45) is 5.10 Å². The first-order chi connectivity index (χ1) is 15.0. The summed E-state index contributed by atoms with van der Waals surface area (Å²) in [6.07, 6.45) is 1.47. The highest BCUT2D eigenvalue weighted by Crippen LogP contribution is 2.24. The monoisotopic (exact) mass is 434 g/mol. The predicted octanol–water partition coefficient (Wildman–Crippen LogP) is 4.01. The van der Waals surface area contributed by atoms with E-state index in [1.165, 1.54) is 18.3 Å². The summed E-state index contributed by atoms with van der Waals surface area (Å²) >= 11 is 5.84. The zero-order valence-corrected chi connectivity index (χ0v) is 16.9. The molecular weight excluding hydrogens is 419 g/mol. The number of hydrazone groups is 1. The molecule has 6 nitrogen and oxygen atoms in total. The summed E-state index contributed by atoms with van der Waals surface area (Å²) in [5.41, 5.74) is 3.85. The quantitative estimate of drug-likeness (QED) is 0.381. The van der Waals surface area contributed by atoms with Gasteiger partial charge in [-0.2, -0.15) is 10.2 Å². The van der Waals surface area contributed by atoms with E-state index in [0.717, 1.165) is 10.2 Å². The molecule has 0 atom stereocenters. The molecule has 0 aliphatic carbocycles. The van der Waals surface area contributed by atoms with Crippen LogP contribution in [-0.2, 0) is 11.3 Å². The van der Waals surface area contributed by atoms with Gasteiger partial charge in [-0.05, 0) is 48.0 Å². The second kappa shape index (κ2) is 8.89. The van der Waals surface area contributed by atoms with Crippen molar-refractivity contribution >= 4 is 34.5 Å². The number of nitrogens with zero attached hydrogens (tertiary/aromatic N) is 3. The summed E-state index contributed by atoms with van der Waals surface area (Å²) < 4.78 is 14.4. The van der Waals surface area contributed by atoms with Gasteiger partial charge in [-0.25, -0.2) is 14.5 Å². The van der Waals surface area contributed by atoms with Gasteiger partial charge in [0.25, 0.3) is 11.5 Å². The van der Waals surface area contributed by atoms with Crippen LogP contribution >= 0.6 is 11.6 Å². The van der Waals surface area contributed by atoms with Crippen LogP contribution in [0.1, 0.15) is 5.56 Å². The molecule has 4 aromatic rings. The number of hydrogen-bond acceptors (Lipinski definition) is 4. The summed E-state index contributed by atoms with van der Waals surface area (Å²) in [4.78, 5) is 25.2. The first-order valence-electron chi connectivity index (χ1n) is 9.34. The molecule has 0 saturated heterocycles. The molecule has 0 aliphatic heterocycles. The Bertz CT molecular complexity index is 1330. The van der Waals surface area contributed by atoms with Crippen LogP contribution in [0.5, 0.6) is 0 Å². The maximum atomic E-state index is 13.3. The third-order valence-electron chi connectivity index (χ3n) is 4.55. The smallest absolute Gasteiger partial charge is 0.271 e. The molecule has 8 heteroatoms. The molecule has 1 heterocycles. The van der Waals surface area contributed by atoms with Crippen LogP contribution < -0.4 is 11.0 Å². The van der Waals surface area contributed by atoms with Crippen molar-refractivity contribution in [2.75, 3.05) is 0 Å². The van der Waals surface area contributed by atoms with Gasteiger partial charge in [-0.15, -0.1) is 0 Å². The van der Waals surface area contributed by atoms with Crippen molar-refractivity contribution < 1.29 is 9.18 Å². The van der Waals surface area contributed by atoms with E-state index in [4.69, 9.17) is 11.6 Å². The molecule has 0 saturated carbocycles. The number of halogens is 2. The van der Waals surface area contributed by atoms with Crippen molar-refractivity contribution in [1.29, 1.82) is 0 Å². The third-order valence-corrected chi connectivity index (χ3v) is 4.80. The Labute approximate surface area is 181 Å². The lowest BCUT2D eigenvalue weighted by Crippen LogP contribution is -2.32. The summed E-state index contributed by atoms with van der Waals surface area (Å²) in [5.74, 6) is -0.889. The minimum Gasteiger partial charge on any atom is -0.271 e. The predicted molar refractivity (Wildman–Crippen MR) is 119 cm³/mol. The fraction of sp³-hybridized carbons (Fsp3) is 0.0435. The highest BCUT2D eigenvalue weighted by Gasteiger charge is 2.14. The zero-order chi connectivity index (χ0) is 21.8. The van der Waals surface area contributed by atoms with Gasteiger partial charge in [0.1, 0.15) is 12.4 Å². The standard InChI is InChI=1S/C23H16ClFN4O2/c24-17-9-5-15(6-10-17)13-26-27-21(30)14-29-23(31)20-4-2-1-3-19(20)22(28-29)16-7-11-18(25)12-8-16/h1-13H,14H2,(H,27,30)/b26-13+. The van der Waals surface area contributed by atoms with Gasteiger partial charge in [-0.1, -0.05) is 41.9 Å². The topological polar surface area (TPSA) is 76.3 Å². The minimum absolute atomic E-state index is 0.324.